The van der Waals surface area contributed by atoms with Gasteiger partial charge in [-0.2, -0.15) is 13.2 Å². The number of amides is 2. The van der Waals surface area contributed by atoms with E-state index in [4.69, 9.17) is 4.74 Å². The van der Waals surface area contributed by atoms with Crippen LogP contribution in [0.15, 0.2) is 115 Å². The molecule has 0 aromatic heterocycles. The van der Waals surface area contributed by atoms with E-state index in [9.17, 15) is 27.6 Å². The Kier molecular flexibility index (Phi) is 6.61. The number of fused-ring (bicyclic) bond motifs is 5. The number of esters is 1. The van der Waals surface area contributed by atoms with Gasteiger partial charge in [-0.25, -0.2) is 9.69 Å². The number of alkyl halides is 3. The number of anilines is 2. The van der Waals surface area contributed by atoms with Crippen molar-refractivity contribution in [1.29, 1.82) is 0 Å². The average molecular weight is 595 g/mol. The number of imide groups is 1. The predicted molar refractivity (Wildman–Crippen MR) is 157 cm³/mol. The van der Waals surface area contributed by atoms with Crippen LogP contribution in [0.3, 0.4) is 0 Å². The number of para-hydroxylation sites is 2. The van der Waals surface area contributed by atoms with Gasteiger partial charge in [0.05, 0.1) is 29.1 Å². The van der Waals surface area contributed by atoms with E-state index in [1.807, 2.05) is 78.9 Å². The fraction of sp³-hybridized carbons (Fsp3) is 0.171. The Morgan fingerprint density at radius 1 is 0.705 bits per heavy atom. The van der Waals surface area contributed by atoms with Crippen molar-refractivity contribution in [3.63, 3.8) is 0 Å². The lowest BCUT2D eigenvalue weighted by Crippen LogP contribution is -2.49. The molecule has 3 aliphatic rings. The molecule has 0 saturated carbocycles. The van der Waals surface area contributed by atoms with Gasteiger partial charge in [0.25, 0.3) is 0 Å². The second-order valence-corrected chi connectivity index (χ2v) is 11.0. The molecule has 9 heteroatoms. The predicted octanol–water partition coefficient (Wildman–Crippen LogP) is 6.43. The lowest BCUT2D eigenvalue weighted by molar-refractivity contribution is -0.151. The maximum atomic E-state index is 14.4. The SMILES string of the molecule is O=C(OC(c1ccccc1)c1ccccc1)[C@@H]1[C@@H]2C(=O)N(c3ccccc3C(F)(F)F)C(=O)[C@@H]2[C@H]2C=Cc3ccccc3N21. The number of hydrogen-bond acceptors (Lipinski definition) is 5. The van der Waals surface area contributed by atoms with Crippen molar-refractivity contribution in [3.05, 3.63) is 138 Å². The smallest absolute Gasteiger partial charge is 0.418 e. The van der Waals surface area contributed by atoms with Gasteiger partial charge in [-0.3, -0.25) is 9.59 Å². The highest BCUT2D eigenvalue weighted by Crippen LogP contribution is 2.51. The molecule has 3 heterocycles. The molecule has 0 aliphatic carbocycles. The van der Waals surface area contributed by atoms with Gasteiger partial charge >= 0.3 is 12.1 Å². The summed E-state index contributed by atoms with van der Waals surface area (Å²) in [4.78, 5) is 44.9. The maximum absolute atomic E-state index is 14.4. The van der Waals surface area contributed by atoms with Crippen LogP contribution in [0.2, 0.25) is 0 Å². The van der Waals surface area contributed by atoms with E-state index in [1.54, 1.807) is 23.1 Å². The number of hydrogen-bond donors (Lipinski definition) is 0. The number of carbonyl (C=O) groups excluding carboxylic acids is 3. The van der Waals surface area contributed by atoms with E-state index in [0.29, 0.717) is 21.7 Å². The van der Waals surface area contributed by atoms with Gasteiger partial charge in [0.15, 0.2) is 6.10 Å². The third-order valence-electron chi connectivity index (χ3n) is 8.55. The standard InChI is InChI=1S/C35H25F3N2O4/c36-35(37,38)24-16-8-10-18-26(24)40-32(41)28-27-20-19-21-11-7-9-17-25(21)39(27)30(29(28)33(40)42)34(43)44-31(22-12-3-1-4-13-22)23-14-5-2-6-15-23/h1-20,27-31H/t27-,28-,29-,30+/m1/s1. The fourth-order valence-corrected chi connectivity index (χ4v) is 6.70. The molecular formula is C35H25F3N2O4. The van der Waals surface area contributed by atoms with E-state index in [1.165, 1.54) is 12.1 Å². The Bertz CT molecular complexity index is 1750. The summed E-state index contributed by atoms with van der Waals surface area (Å²) in [5.74, 6) is -4.77. The number of benzene rings is 4. The molecule has 0 bridgehead atoms. The van der Waals surface area contributed by atoms with Crippen LogP contribution in [0.1, 0.15) is 28.4 Å². The molecular weight excluding hydrogens is 569 g/mol. The molecule has 2 saturated heterocycles. The van der Waals surface area contributed by atoms with Crippen molar-refractivity contribution in [1.82, 2.24) is 0 Å². The molecule has 2 fully saturated rings. The topological polar surface area (TPSA) is 66.9 Å². The van der Waals surface area contributed by atoms with Crippen molar-refractivity contribution in [2.24, 2.45) is 11.8 Å². The number of carbonyl (C=O) groups is 3. The molecule has 4 atom stereocenters. The maximum Gasteiger partial charge on any atom is 0.418 e. The largest absolute Gasteiger partial charge is 0.451 e. The van der Waals surface area contributed by atoms with Crippen LogP contribution in [-0.2, 0) is 25.3 Å². The van der Waals surface area contributed by atoms with Gasteiger partial charge in [-0.05, 0) is 34.9 Å². The van der Waals surface area contributed by atoms with Crippen LogP contribution in [0.5, 0.6) is 0 Å². The average Bonchev–Trinajstić information content (AvgIpc) is 3.52. The second kappa shape index (κ2) is 10.5. The third-order valence-corrected chi connectivity index (χ3v) is 8.55. The summed E-state index contributed by atoms with van der Waals surface area (Å²) >= 11 is 0. The molecule has 7 rings (SSSR count). The summed E-state index contributed by atoms with van der Waals surface area (Å²) in [5, 5.41) is 0. The van der Waals surface area contributed by atoms with Crippen molar-refractivity contribution >= 4 is 35.2 Å². The first-order chi connectivity index (χ1) is 21.3. The minimum atomic E-state index is -4.80. The molecule has 4 aromatic rings. The Morgan fingerprint density at radius 2 is 1.25 bits per heavy atom. The van der Waals surface area contributed by atoms with Crippen molar-refractivity contribution in [2.45, 2.75) is 24.4 Å². The summed E-state index contributed by atoms with van der Waals surface area (Å²) in [6.45, 7) is 0. The third kappa shape index (κ3) is 4.38. The Labute approximate surface area is 251 Å². The molecule has 2 amide bonds. The van der Waals surface area contributed by atoms with E-state index in [0.717, 1.165) is 17.7 Å². The number of rotatable bonds is 5. The van der Waals surface area contributed by atoms with Crippen LogP contribution in [0, 0.1) is 11.8 Å². The lowest BCUT2D eigenvalue weighted by atomic mass is 9.88. The molecule has 3 aliphatic heterocycles. The molecule has 4 aromatic carbocycles. The molecule has 0 spiro atoms. The highest BCUT2D eigenvalue weighted by atomic mass is 19.4. The van der Waals surface area contributed by atoms with Crippen LogP contribution in [-0.4, -0.2) is 29.9 Å². The summed E-state index contributed by atoms with van der Waals surface area (Å²) in [5.41, 5.74) is 1.17. The zero-order valence-corrected chi connectivity index (χ0v) is 23.1. The minimum Gasteiger partial charge on any atom is -0.451 e. The molecule has 0 unspecified atom stereocenters. The number of ether oxygens (including phenoxy) is 1. The van der Waals surface area contributed by atoms with E-state index in [-0.39, 0.29) is 0 Å². The zero-order valence-electron chi connectivity index (χ0n) is 23.1. The van der Waals surface area contributed by atoms with Gasteiger partial charge in [-0.15, -0.1) is 0 Å². The van der Waals surface area contributed by atoms with Crippen LogP contribution in [0.25, 0.3) is 6.08 Å². The van der Waals surface area contributed by atoms with Crippen molar-refractivity contribution < 1.29 is 32.3 Å². The Balaban J connectivity index is 1.33. The first-order valence-electron chi connectivity index (χ1n) is 14.2. The fourth-order valence-electron chi connectivity index (χ4n) is 6.70. The first-order valence-corrected chi connectivity index (χ1v) is 14.2. The first kappa shape index (κ1) is 27.6. The van der Waals surface area contributed by atoms with E-state index in [2.05, 4.69) is 0 Å². The number of nitrogens with zero attached hydrogens (tertiary/aromatic N) is 2. The van der Waals surface area contributed by atoms with Crippen molar-refractivity contribution in [3.8, 4) is 0 Å². The summed E-state index contributed by atoms with van der Waals surface area (Å²) in [6, 6.07) is 28.0. The molecule has 0 radical (unpaired) electrons. The van der Waals surface area contributed by atoms with Crippen LogP contribution in [0.4, 0.5) is 24.5 Å². The molecule has 0 N–H and O–H groups in total. The van der Waals surface area contributed by atoms with E-state index >= 15 is 0 Å². The van der Waals surface area contributed by atoms with E-state index < -0.39 is 65.2 Å². The monoisotopic (exact) mass is 594 g/mol. The van der Waals surface area contributed by atoms with Crippen LogP contribution < -0.4 is 9.80 Å². The molecule has 6 nitrogen and oxygen atoms in total. The second-order valence-electron chi connectivity index (χ2n) is 11.0. The van der Waals surface area contributed by atoms with Gasteiger partial charge < -0.3 is 9.64 Å². The van der Waals surface area contributed by atoms with Gasteiger partial charge in [0.2, 0.25) is 11.8 Å². The summed E-state index contributed by atoms with van der Waals surface area (Å²) in [7, 11) is 0. The molecule has 44 heavy (non-hydrogen) atoms. The van der Waals surface area contributed by atoms with Gasteiger partial charge in [0.1, 0.15) is 6.04 Å². The summed E-state index contributed by atoms with van der Waals surface area (Å²) in [6.07, 6.45) is -2.08. The normalized spacial score (nSPS) is 22.2. The van der Waals surface area contributed by atoms with Crippen molar-refractivity contribution in [2.75, 3.05) is 9.80 Å². The quantitative estimate of drug-likeness (QED) is 0.197. The zero-order chi connectivity index (χ0) is 30.6. The lowest BCUT2D eigenvalue weighted by Gasteiger charge is -2.36. The van der Waals surface area contributed by atoms with Gasteiger partial charge in [0, 0.05) is 5.69 Å². The van der Waals surface area contributed by atoms with Gasteiger partial charge in [-0.1, -0.05) is 103 Å². The summed E-state index contributed by atoms with van der Waals surface area (Å²) < 4.78 is 48.2. The Hall–Kier alpha value is -5.18. The number of halogens is 3. The Morgan fingerprint density at radius 3 is 1.89 bits per heavy atom. The van der Waals surface area contributed by atoms with Crippen LogP contribution >= 0.6 is 0 Å². The molecule has 220 valence electrons. The highest BCUT2D eigenvalue weighted by molar-refractivity contribution is 6.25. The minimum absolute atomic E-state index is 0.547. The highest BCUT2D eigenvalue weighted by Gasteiger charge is 2.65.